The number of hydrogen-bond acceptors (Lipinski definition) is 14. The maximum Gasteiger partial charge on any atom is 0.250 e. The Labute approximate surface area is 280 Å². The summed E-state index contributed by atoms with van der Waals surface area (Å²) in [5.74, 6) is -0.196. The van der Waals surface area contributed by atoms with Crippen molar-refractivity contribution in [2.45, 2.75) is 86.4 Å². The molecule has 0 fully saturated rings. The third-order valence-electron chi connectivity index (χ3n) is 7.95. The van der Waals surface area contributed by atoms with Gasteiger partial charge in [-0.15, -0.1) is 22.7 Å². The predicted octanol–water partition coefficient (Wildman–Crippen LogP) is 2.42. The van der Waals surface area contributed by atoms with Crippen LogP contribution in [0.15, 0.2) is 29.0 Å². The topological polar surface area (TPSA) is 191 Å². The summed E-state index contributed by atoms with van der Waals surface area (Å²) in [5.41, 5.74) is 1.01. The zero-order chi connectivity index (χ0) is 33.9. The molecule has 13 nitrogen and oxygen atoms in total. The maximum absolute atomic E-state index is 13.0. The van der Waals surface area contributed by atoms with Gasteiger partial charge in [0.05, 0.1) is 36.1 Å². The van der Waals surface area contributed by atoms with Crippen LogP contribution in [0.25, 0.3) is 0 Å². The highest BCUT2D eigenvalue weighted by Crippen LogP contribution is 2.44. The number of ether oxygens (including phenoxy) is 2. The molecule has 3 N–H and O–H groups in total. The molecule has 4 rings (SSSR count). The second-order valence-electron chi connectivity index (χ2n) is 11.3. The molecule has 2 aliphatic rings. The molecular weight excluding hydrogens is 719 g/mol. The quantitative estimate of drug-likeness (QED) is 0.200. The largest absolute Gasteiger partial charge is 0.379 e. The number of fused-ring (bicyclic) bond motifs is 2. The first-order valence-corrected chi connectivity index (χ1v) is 23.0. The maximum atomic E-state index is 13.0. The second kappa shape index (κ2) is 15.3. The van der Waals surface area contributed by atoms with E-state index >= 15 is 0 Å². The second-order valence-corrected chi connectivity index (χ2v) is 22.9. The van der Waals surface area contributed by atoms with Crippen LogP contribution in [0.5, 0.6) is 0 Å². The number of sulfonamides is 1. The molecule has 262 valence electrons. The average Bonchev–Trinajstić information content (AvgIpc) is 3.65. The Morgan fingerprint density at radius 1 is 0.761 bits per heavy atom. The monoisotopic (exact) mass is 761 g/mol. The highest BCUT2D eigenvalue weighted by Gasteiger charge is 2.40. The summed E-state index contributed by atoms with van der Waals surface area (Å²) in [5, 5.41) is 5.28. The molecule has 0 unspecified atom stereocenters. The number of sulfone groups is 3. The highest BCUT2D eigenvalue weighted by atomic mass is 32.3. The summed E-state index contributed by atoms with van der Waals surface area (Å²) >= 11 is 1.58. The van der Waals surface area contributed by atoms with Crippen LogP contribution in [-0.2, 0) is 49.0 Å². The first kappa shape index (κ1) is 37.8. The third kappa shape index (κ3) is 8.23. The van der Waals surface area contributed by atoms with E-state index in [-0.39, 0.29) is 74.1 Å². The normalized spacial score (nSPS) is 24.0. The molecule has 4 heterocycles. The van der Waals surface area contributed by atoms with E-state index in [1.54, 1.807) is 13.8 Å². The minimum atomic E-state index is -3.95. The van der Waals surface area contributed by atoms with Gasteiger partial charge >= 0.3 is 0 Å². The standard InChI is InChI=1S/C27H43N3O10S6/c1-5-28-22-14-18(3)44(33,34)26-20(22)16-24(41-26)43(31,32)13-7-9-39-11-12-40-10-8-30-46(37,38)25-17-21-23(29-6-2)15-19(4)45(35,36)27(21)42-25/h16-19,22-23,28-30H,5-15H2,1-4H3/t18-,19-,22-,23-/m0/s1. The van der Waals surface area contributed by atoms with Crippen molar-refractivity contribution < 1.29 is 43.1 Å². The number of rotatable bonds is 17. The van der Waals surface area contributed by atoms with E-state index < -0.39 is 50.0 Å². The van der Waals surface area contributed by atoms with Crippen LogP contribution in [0, 0.1) is 0 Å². The van der Waals surface area contributed by atoms with Gasteiger partial charge in [0.2, 0.25) is 10.0 Å². The van der Waals surface area contributed by atoms with Gasteiger partial charge in [-0.25, -0.2) is 38.4 Å². The van der Waals surface area contributed by atoms with E-state index in [1.165, 1.54) is 12.1 Å². The van der Waals surface area contributed by atoms with Crippen LogP contribution in [0.4, 0.5) is 0 Å². The molecule has 2 aromatic heterocycles. The first-order valence-electron chi connectivity index (χ1n) is 15.2. The predicted molar refractivity (Wildman–Crippen MR) is 177 cm³/mol. The van der Waals surface area contributed by atoms with Gasteiger partial charge in [-0.05, 0) is 63.9 Å². The molecule has 4 atom stereocenters. The van der Waals surface area contributed by atoms with Crippen molar-refractivity contribution >= 4 is 62.2 Å². The Balaban J connectivity index is 1.18. The van der Waals surface area contributed by atoms with E-state index in [4.69, 9.17) is 9.47 Å². The lowest BCUT2D eigenvalue weighted by molar-refractivity contribution is 0.0504. The molecule has 0 amide bonds. The highest BCUT2D eigenvalue weighted by molar-refractivity contribution is 7.96. The molecule has 0 bridgehead atoms. The molecular formula is C27H43N3O10S6. The lowest BCUT2D eigenvalue weighted by Crippen LogP contribution is -2.33. The Bertz CT molecular complexity index is 1670. The molecule has 0 saturated carbocycles. The van der Waals surface area contributed by atoms with Crippen molar-refractivity contribution in [3.8, 4) is 0 Å². The first-order chi connectivity index (χ1) is 21.6. The molecule has 2 aliphatic heterocycles. The van der Waals surface area contributed by atoms with Crippen LogP contribution in [0.2, 0.25) is 0 Å². The fourth-order valence-electron chi connectivity index (χ4n) is 5.46. The molecule has 0 saturated heterocycles. The SMILES string of the molecule is CCN[C@H]1C[C@H](C)S(=O)(=O)c2sc(S(=O)(=O)CCCOCCOCCNS(=O)(=O)c3cc4c(s3)S(=O)(=O)[C@@H](C)C[C@@H]4NCC)cc21. The lowest BCUT2D eigenvalue weighted by Gasteiger charge is -2.27. The molecule has 0 aliphatic carbocycles. The fraction of sp³-hybridized carbons (Fsp3) is 0.704. The van der Waals surface area contributed by atoms with E-state index in [0.717, 1.165) is 22.7 Å². The Hall–Kier alpha value is -1.00. The van der Waals surface area contributed by atoms with E-state index in [0.29, 0.717) is 37.1 Å². The molecule has 0 radical (unpaired) electrons. The summed E-state index contributed by atoms with van der Waals surface area (Å²) < 4.78 is 117. The van der Waals surface area contributed by atoms with Gasteiger partial charge in [0, 0.05) is 30.8 Å². The minimum Gasteiger partial charge on any atom is -0.379 e. The van der Waals surface area contributed by atoms with Crippen molar-refractivity contribution in [3.05, 3.63) is 23.3 Å². The molecule has 0 spiro atoms. The van der Waals surface area contributed by atoms with Gasteiger partial charge in [0.25, 0.3) is 0 Å². The summed E-state index contributed by atoms with van der Waals surface area (Å²) in [7, 11) is -14.8. The number of thiophene rings is 2. The van der Waals surface area contributed by atoms with Crippen molar-refractivity contribution in [1.82, 2.24) is 15.4 Å². The van der Waals surface area contributed by atoms with Gasteiger partial charge in [-0.3, -0.25) is 0 Å². The summed E-state index contributed by atoms with van der Waals surface area (Å²) in [6.45, 7) is 8.84. The van der Waals surface area contributed by atoms with Crippen LogP contribution in [0.3, 0.4) is 0 Å². The fourth-order valence-corrected chi connectivity index (χ4v) is 15.9. The third-order valence-corrected chi connectivity index (χ3v) is 20.0. The summed E-state index contributed by atoms with van der Waals surface area (Å²) in [6.07, 6.45) is 0.969. The molecule has 0 aromatic carbocycles. The zero-order valence-corrected chi connectivity index (χ0v) is 31.2. The van der Waals surface area contributed by atoms with Gasteiger partial charge in [-0.1, -0.05) is 13.8 Å². The van der Waals surface area contributed by atoms with Crippen molar-refractivity contribution in [1.29, 1.82) is 0 Å². The average molecular weight is 762 g/mol. The van der Waals surface area contributed by atoms with Gasteiger partial charge in [0.1, 0.15) is 16.8 Å². The Kier molecular flexibility index (Phi) is 12.5. The summed E-state index contributed by atoms with van der Waals surface area (Å²) in [6, 6.07) is 2.48. The molecule has 2 aromatic rings. The van der Waals surface area contributed by atoms with Crippen LogP contribution in [-0.4, -0.2) is 96.0 Å². The minimum absolute atomic E-state index is 0.0309. The lowest BCUT2D eigenvalue weighted by atomic mass is 10.1. The van der Waals surface area contributed by atoms with Gasteiger partial charge in [-0.2, -0.15) is 0 Å². The Morgan fingerprint density at radius 3 is 1.76 bits per heavy atom. The van der Waals surface area contributed by atoms with Crippen LogP contribution < -0.4 is 15.4 Å². The van der Waals surface area contributed by atoms with Gasteiger partial charge < -0.3 is 20.1 Å². The van der Waals surface area contributed by atoms with Gasteiger partial charge in [0.15, 0.2) is 29.5 Å². The number of nitrogens with one attached hydrogen (secondary N) is 3. The molecule has 46 heavy (non-hydrogen) atoms. The number of hydrogen-bond donors (Lipinski definition) is 3. The van der Waals surface area contributed by atoms with Crippen LogP contribution in [0.1, 0.15) is 70.2 Å². The Morgan fingerprint density at radius 2 is 1.24 bits per heavy atom. The van der Waals surface area contributed by atoms with E-state index in [9.17, 15) is 33.7 Å². The van der Waals surface area contributed by atoms with E-state index in [1.807, 2.05) is 13.8 Å². The van der Waals surface area contributed by atoms with E-state index in [2.05, 4.69) is 15.4 Å². The summed E-state index contributed by atoms with van der Waals surface area (Å²) in [4.78, 5) is 0. The van der Waals surface area contributed by atoms with Crippen LogP contribution >= 0.6 is 22.7 Å². The smallest absolute Gasteiger partial charge is 0.250 e. The zero-order valence-electron chi connectivity index (χ0n) is 26.3. The van der Waals surface area contributed by atoms with Crippen molar-refractivity contribution in [2.24, 2.45) is 0 Å². The molecule has 19 heteroatoms. The van der Waals surface area contributed by atoms with Crippen molar-refractivity contribution in [3.63, 3.8) is 0 Å². The van der Waals surface area contributed by atoms with Crippen molar-refractivity contribution in [2.75, 3.05) is 51.8 Å².